The highest BCUT2D eigenvalue weighted by Gasteiger charge is 2.17. The Labute approximate surface area is 159 Å². The fourth-order valence-corrected chi connectivity index (χ4v) is 2.29. The van der Waals surface area contributed by atoms with Gasteiger partial charge >= 0.3 is 0 Å². The second kappa shape index (κ2) is 8.76. The van der Waals surface area contributed by atoms with Crippen molar-refractivity contribution in [3.8, 4) is 5.88 Å². The molecule has 2 heterocycles. The molecule has 0 saturated heterocycles. The maximum absolute atomic E-state index is 13.7. The van der Waals surface area contributed by atoms with E-state index in [1.165, 1.54) is 36.9 Å². The number of pyridine rings is 1. The summed E-state index contributed by atoms with van der Waals surface area (Å²) >= 11 is 0. The van der Waals surface area contributed by atoms with E-state index >= 15 is 0 Å². The normalized spacial score (nSPS) is 11.2. The molecule has 0 fully saturated rings. The van der Waals surface area contributed by atoms with E-state index < -0.39 is 23.1 Å². The number of hydrogen-bond acceptors (Lipinski definition) is 6. The highest BCUT2D eigenvalue weighted by atomic mass is 19.1. The van der Waals surface area contributed by atoms with Crippen molar-refractivity contribution in [1.82, 2.24) is 15.0 Å². The first-order valence-electron chi connectivity index (χ1n) is 8.30. The van der Waals surface area contributed by atoms with Gasteiger partial charge in [-0.05, 0) is 30.7 Å². The Morgan fingerprint density at radius 2 is 1.89 bits per heavy atom. The fourth-order valence-electron chi connectivity index (χ4n) is 2.29. The lowest BCUT2D eigenvalue weighted by Crippen LogP contribution is -2.16. The maximum atomic E-state index is 13.7. The van der Waals surface area contributed by atoms with E-state index in [4.69, 9.17) is 4.84 Å². The quantitative estimate of drug-likeness (QED) is 0.519. The molecule has 0 aliphatic carbocycles. The summed E-state index contributed by atoms with van der Waals surface area (Å²) in [4.78, 5) is 29.2. The van der Waals surface area contributed by atoms with Gasteiger partial charge in [-0.25, -0.2) is 18.7 Å². The van der Waals surface area contributed by atoms with Gasteiger partial charge in [0, 0.05) is 24.2 Å². The topological polar surface area (TPSA) is 89.4 Å². The lowest BCUT2D eigenvalue weighted by molar-refractivity contribution is 0.101. The Bertz CT molecular complexity index is 975. The van der Waals surface area contributed by atoms with Gasteiger partial charge in [0.25, 0.3) is 11.8 Å². The number of anilines is 1. The van der Waals surface area contributed by atoms with Crippen molar-refractivity contribution in [3.63, 3.8) is 0 Å². The molecular formula is C19H15F2N5O2. The first kappa shape index (κ1) is 19.0. The molecule has 0 spiro atoms. The number of nitrogens with one attached hydrogen (secondary N) is 1. The fraction of sp³-hybridized carbons (Fsp3) is 0.105. The summed E-state index contributed by atoms with van der Waals surface area (Å²) in [5.74, 6) is -2.43. The van der Waals surface area contributed by atoms with Crippen LogP contribution in [0, 0.1) is 11.6 Å². The molecule has 1 amide bonds. The van der Waals surface area contributed by atoms with E-state index in [9.17, 15) is 13.6 Å². The Hall–Kier alpha value is -3.75. The minimum atomic E-state index is -0.948. The molecule has 2 aromatic heterocycles. The van der Waals surface area contributed by atoms with Crippen molar-refractivity contribution >= 4 is 17.4 Å². The third-order valence-corrected chi connectivity index (χ3v) is 3.65. The summed E-state index contributed by atoms with van der Waals surface area (Å²) in [6, 6.07) is 6.36. The predicted octanol–water partition coefficient (Wildman–Crippen LogP) is 3.60. The van der Waals surface area contributed by atoms with E-state index in [2.05, 4.69) is 25.4 Å². The highest BCUT2D eigenvalue weighted by molar-refractivity contribution is 6.04. The largest absolute Gasteiger partial charge is 0.335 e. The van der Waals surface area contributed by atoms with Gasteiger partial charge in [-0.1, -0.05) is 18.1 Å². The van der Waals surface area contributed by atoms with E-state index in [-0.39, 0.29) is 11.7 Å². The van der Waals surface area contributed by atoms with Crippen LogP contribution < -0.4 is 10.2 Å². The molecule has 9 heteroatoms. The van der Waals surface area contributed by atoms with Gasteiger partial charge in [-0.3, -0.25) is 9.78 Å². The number of rotatable bonds is 6. The minimum Gasteiger partial charge on any atom is -0.335 e. The molecule has 3 aromatic rings. The van der Waals surface area contributed by atoms with Crippen molar-refractivity contribution in [2.75, 3.05) is 5.32 Å². The molecule has 142 valence electrons. The molecule has 0 saturated carbocycles. The van der Waals surface area contributed by atoms with Gasteiger partial charge in [0.2, 0.25) is 0 Å². The van der Waals surface area contributed by atoms with Crippen molar-refractivity contribution < 1.29 is 18.4 Å². The monoisotopic (exact) mass is 383 g/mol. The maximum Gasteiger partial charge on any atom is 0.267 e. The molecule has 0 unspecified atom stereocenters. The Morgan fingerprint density at radius 1 is 1.11 bits per heavy atom. The third kappa shape index (κ3) is 4.50. The molecule has 0 aliphatic heterocycles. The molecule has 1 N–H and O–H groups in total. The molecule has 0 aliphatic rings. The average molecular weight is 383 g/mol. The van der Waals surface area contributed by atoms with Crippen molar-refractivity contribution in [3.05, 3.63) is 77.9 Å². The summed E-state index contributed by atoms with van der Waals surface area (Å²) in [7, 11) is 0. The van der Waals surface area contributed by atoms with Crippen LogP contribution in [0.25, 0.3) is 0 Å². The number of carbonyl (C=O) groups excluding carboxylic acids is 1. The SMILES string of the molecule is CC/C(=N\Oc1cnccn1)c1ccc(NC(=O)c2c(F)cccc2F)nc1. The second-order valence-electron chi connectivity index (χ2n) is 5.51. The Morgan fingerprint density at radius 3 is 2.50 bits per heavy atom. The first-order chi connectivity index (χ1) is 13.6. The van der Waals surface area contributed by atoms with Gasteiger partial charge in [-0.15, -0.1) is 0 Å². The van der Waals surface area contributed by atoms with Gasteiger partial charge < -0.3 is 10.2 Å². The van der Waals surface area contributed by atoms with E-state index in [1.54, 1.807) is 6.07 Å². The lowest BCUT2D eigenvalue weighted by Gasteiger charge is -2.08. The second-order valence-corrected chi connectivity index (χ2v) is 5.51. The summed E-state index contributed by atoms with van der Waals surface area (Å²) < 4.78 is 27.4. The van der Waals surface area contributed by atoms with Gasteiger partial charge in [-0.2, -0.15) is 0 Å². The molecule has 0 atom stereocenters. The third-order valence-electron chi connectivity index (χ3n) is 3.65. The minimum absolute atomic E-state index is 0.140. The van der Waals surface area contributed by atoms with Crippen LogP contribution in [0.2, 0.25) is 0 Å². The van der Waals surface area contributed by atoms with Crippen LogP contribution in [0.4, 0.5) is 14.6 Å². The summed E-state index contributed by atoms with van der Waals surface area (Å²) in [5.41, 5.74) is 0.583. The van der Waals surface area contributed by atoms with Crippen LogP contribution in [-0.2, 0) is 0 Å². The Balaban J connectivity index is 1.72. The number of hydrogen-bond donors (Lipinski definition) is 1. The first-order valence-corrected chi connectivity index (χ1v) is 8.30. The van der Waals surface area contributed by atoms with Gasteiger partial charge in [0.15, 0.2) is 0 Å². The zero-order valence-electron chi connectivity index (χ0n) is 14.8. The summed E-state index contributed by atoms with van der Waals surface area (Å²) in [6.45, 7) is 1.88. The average Bonchev–Trinajstić information content (AvgIpc) is 2.70. The number of aromatic nitrogens is 3. The number of halogens is 2. The Kier molecular flexibility index (Phi) is 5.95. The molecule has 7 nitrogen and oxygen atoms in total. The van der Waals surface area contributed by atoms with Crippen LogP contribution in [0.1, 0.15) is 29.3 Å². The number of nitrogens with zero attached hydrogens (tertiary/aromatic N) is 4. The van der Waals surface area contributed by atoms with Crippen LogP contribution in [0.5, 0.6) is 5.88 Å². The van der Waals surface area contributed by atoms with Crippen LogP contribution in [0.15, 0.2) is 60.3 Å². The number of carbonyl (C=O) groups is 1. The molecule has 3 rings (SSSR count). The number of amides is 1. The molecular weight excluding hydrogens is 368 g/mol. The number of benzene rings is 1. The lowest BCUT2D eigenvalue weighted by atomic mass is 10.1. The summed E-state index contributed by atoms with van der Waals surface area (Å²) in [6.07, 6.45) is 6.44. The van der Waals surface area contributed by atoms with Gasteiger partial charge in [0.1, 0.15) is 23.0 Å². The highest BCUT2D eigenvalue weighted by Crippen LogP contribution is 2.15. The van der Waals surface area contributed by atoms with E-state index in [0.29, 0.717) is 17.7 Å². The van der Waals surface area contributed by atoms with Crippen molar-refractivity contribution in [1.29, 1.82) is 0 Å². The smallest absolute Gasteiger partial charge is 0.267 e. The standard InChI is InChI=1S/C19H15F2N5O2/c1-2-15(26-28-17-11-22-8-9-23-17)12-6-7-16(24-10-12)25-19(27)18-13(20)4-3-5-14(18)21/h3-11H,2H2,1H3,(H,24,25,27)/b26-15+. The molecule has 0 radical (unpaired) electrons. The van der Waals surface area contributed by atoms with Crippen LogP contribution >= 0.6 is 0 Å². The molecule has 1 aromatic carbocycles. The van der Waals surface area contributed by atoms with Crippen molar-refractivity contribution in [2.24, 2.45) is 5.16 Å². The van der Waals surface area contributed by atoms with Crippen LogP contribution in [0.3, 0.4) is 0 Å². The van der Waals surface area contributed by atoms with E-state index in [0.717, 1.165) is 12.1 Å². The van der Waals surface area contributed by atoms with E-state index in [1.807, 2.05) is 6.92 Å². The molecule has 0 bridgehead atoms. The van der Waals surface area contributed by atoms with Gasteiger partial charge in [0.05, 0.1) is 11.9 Å². The number of oxime groups is 1. The summed E-state index contributed by atoms with van der Waals surface area (Å²) in [5, 5.41) is 6.39. The van der Waals surface area contributed by atoms with Crippen LogP contribution in [-0.4, -0.2) is 26.6 Å². The van der Waals surface area contributed by atoms with Crippen molar-refractivity contribution in [2.45, 2.75) is 13.3 Å². The zero-order valence-corrected chi connectivity index (χ0v) is 14.8. The molecule has 28 heavy (non-hydrogen) atoms. The zero-order chi connectivity index (χ0) is 19.9. The predicted molar refractivity (Wildman–Crippen MR) is 98.0 cm³/mol.